The average molecular weight is 536 g/mol. The van der Waals surface area contributed by atoms with Gasteiger partial charge in [-0.25, -0.2) is 0 Å². The van der Waals surface area contributed by atoms with Crippen molar-refractivity contribution in [2.75, 3.05) is 19.7 Å². The highest BCUT2D eigenvalue weighted by Crippen LogP contribution is 2.29. The van der Waals surface area contributed by atoms with E-state index in [1.807, 2.05) is 6.20 Å². The van der Waals surface area contributed by atoms with E-state index in [9.17, 15) is 14.4 Å². The van der Waals surface area contributed by atoms with Gasteiger partial charge in [0.1, 0.15) is 11.4 Å². The highest BCUT2D eigenvalue weighted by Gasteiger charge is 2.39. The number of ketones is 1. The fraction of sp³-hybridized carbons (Fsp3) is 0.370. The second-order valence-electron chi connectivity index (χ2n) is 9.71. The number of halogens is 1. The highest BCUT2D eigenvalue weighted by atomic mass is 35.5. The molecule has 1 fully saturated rings. The van der Waals surface area contributed by atoms with Gasteiger partial charge in [-0.1, -0.05) is 28.9 Å². The molecule has 3 aromatic rings. The Hall–Kier alpha value is -3.76. The predicted octanol–water partition coefficient (Wildman–Crippen LogP) is 2.68. The molecule has 0 radical (unpaired) electrons. The molecule has 1 aliphatic carbocycles. The van der Waals surface area contributed by atoms with Crippen LogP contribution in [0.5, 0.6) is 5.75 Å². The van der Waals surface area contributed by atoms with E-state index in [1.54, 1.807) is 46.0 Å². The van der Waals surface area contributed by atoms with E-state index in [-0.39, 0.29) is 37.3 Å². The molecule has 1 N–H and O–H groups in total. The first-order valence-corrected chi connectivity index (χ1v) is 13.0. The number of aromatic nitrogens is 3. The summed E-state index contributed by atoms with van der Waals surface area (Å²) in [5.41, 5.74) is 2.99. The molecule has 6 rings (SSSR count). The number of likely N-dealkylation sites (tertiary alicyclic amines) is 1. The molecule has 1 saturated heterocycles. The minimum absolute atomic E-state index is 0.0609. The summed E-state index contributed by atoms with van der Waals surface area (Å²) in [4.78, 5) is 40.7. The van der Waals surface area contributed by atoms with Crippen LogP contribution in [0.25, 0.3) is 0 Å². The summed E-state index contributed by atoms with van der Waals surface area (Å²) >= 11 is 6.29. The van der Waals surface area contributed by atoms with Crippen LogP contribution in [-0.2, 0) is 24.3 Å². The monoisotopic (exact) mass is 535 g/mol. The van der Waals surface area contributed by atoms with E-state index >= 15 is 0 Å². The lowest BCUT2D eigenvalue weighted by Gasteiger charge is -2.20. The Morgan fingerprint density at radius 1 is 1.13 bits per heavy atom. The molecule has 1 aromatic heterocycles. The maximum absolute atomic E-state index is 13.6. The Balaban J connectivity index is 1.27. The van der Waals surface area contributed by atoms with Crippen molar-refractivity contribution in [3.63, 3.8) is 0 Å². The summed E-state index contributed by atoms with van der Waals surface area (Å²) in [5, 5.41) is 11.8. The Kier molecular flexibility index (Phi) is 6.59. The maximum atomic E-state index is 13.6. The third-order valence-corrected chi connectivity index (χ3v) is 7.50. The van der Waals surface area contributed by atoms with E-state index in [2.05, 4.69) is 15.6 Å². The molecule has 0 unspecified atom stereocenters. The first kappa shape index (κ1) is 24.6. The Morgan fingerprint density at radius 3 is 2.92 bits per heavy atom. The van der Waals surface area contributed by atoms with Crippen molar-refractivity contribution in [3.8, 4) is 5.75 Å². The third kappa shape index (κ3) is 4.77. The summed E-state index contributed by atoms with van der Waals surface area (Å²) in [7, 11) is 0. The van der Waals surface area contributed by atoms with Gasteiger partial charge < -0.3 is 19.7 Å². The summed E-state index contributed by atoms with van der Waals surface area (Å²) in [5.74, 6) is -0.00972. The molecule has 2 aromatic carbocycles. The number of benzene rings is 2. The minimum Gasteiger partial charge on any atom is -0.492 e. The number of amides is 2. The Bertz CT molecular complexity index is 1420. The van der Waals surface area contributed by atoms with Gasteiger partial charge in [0.15, 0.2) is 5.78 Å². The molecule has 3 heterocycles. The Labute approximate surface area is 223 Å². The Morgan fingerprint density at radius 2 is 2.03 bits per heavy atom. The van der Waals surface area contributed by atoms with Crippen molar-refractivity contribution in [1.82, 2.24) is 25.2 Å². The first-order valence-electron chi connectivity index (χ1n) is 12.6. The average Bonchev–Trinajstić information content (AvgIpc) is 3.64. The molecule has 10 nitrogen and oxygen atoms in total. The number of nitrogens with zero attached hydrogens (tertiary/aromatic N) is 4. The molecule has 196 valence electrons. The number of aryl methyl sites for hydroxylation is 1. The second kappa shape index (κ2) is 10.2. The lowest BCUT2D eigenvalue weighted by molar-refractivity contribution is 0.0291. The largest absolute Gasteiger partial charge is 0.492 e. The molecule has 3 aliphatic rings. The van der Waals surface area contributed by atoms with Crippen LogP contribution < -0.4 is 10.1 Å². The number of hydrogen-bond donors (Lipinski definition) is 1. The van der Waals surface area contributed by atoms with Gasteiger partial charge >= 0.3 is 0 Å². The van der Waals surface area contributed by atoms with Crippen LogP contribution in [0.3, 0.4) is 0 Å². The first-order chi connectivity index (χ1) is 18.5. The van der Waals surface area contributed by atoms with Crippen LogP contribution in [0, 0.1) is 0 Å². The number of hydrogen-bond acceptors (Lipinski definition) is 7. The third-order valence-electron chi connectivity index (χ3n) is 7.19. The number of nitrogens with one attached hydrogen (secondary N) is 1. The zero-order valence-corrected chi connectivity index (χ0v) is 21.3. The SMILES string of the molecule is O=C1N[C@H]2CN(C(=O)c3cccc4c3CCC4=O)C[C@@H]2OCc2cn(nn2)CCCOc2cc1ccc2Cl. The van der Waals surface area contributed by atoms with E-state index in [1.165, 1.54) is 0 Å². The van der Waals surface area contributed by atoms with Gasteiger partial charge in [-0.2, -0.15) is 0 Å². The van der Waals surface area contributed by atoms with Gasteiger partial charge in [-0.3, -0.25) is 19.1 Å². The van der Waals surface area contributed by atoms with Crippen LogP contribution in [0.1, 0.15) is 55.2 Å². The number of Topliss-reactive ketones (excluding diaryl/α,β-unsaturated/α-hetero) is 1. The van der Waals surface area contributed by atoms with Crippen molar-refractivity contribution >= 4 is 29.2 Å². The molecule has 2 aliphatic heterocycles. The number of ether oxygens (including phenoxy) is 2. The number of carbonyl (C=O) groups excluding carboxylic acids is 3. The van der Waals surface area contributed by atoms with Crippen molar-refractivity contribution in [2.45, 2.75) is 44.6 Å². The van der Waals surface area contributed by atoms with Crippen LogP contribution in [-0.4, -0.2) is 69.3 Å². The van der Waals surface area contributed by atoms with Crippen LogP contribution in [0.2, 0.25) is 5.02 Å². The molecule has 11 heteroatoms. The van der Waals surface area contributed by atoms with Gasteiger partial charge in [0.05, 0.1) is 36.6 Å². The van der Waals surface area contributed by atoms with Gasteiger partial charge in [-0.15, -0.1) is 5.10 Å². The fourth-order valence-electron chi connectivity index (χ4n) is 5.23. The standard InChI is InChI=1S/C27H26ClN5O5/c28-21-7-5-16-11-24(21)37-10-2-9-33-12-17(30-31-33)15-38-25-14-32(13-22(25)29-26(16)35)27(36)20-4-1-3-19-18(20)6-8-23(19)34/h1,3-5,7,11-12,22,25H,2,6,8-10,13-15H2,(H,29,35)/t22-,25-/m0/s1. The van der Waals surface area contributed by atoms with E-state index in [0.717, 1.165) is 5.56 Å². The fourth-order valence-corrected chi connectivity index (χ4v) is 5.40. The lowest BCUT2D eigenvalue weighted by atomic mass is 10.0. The molecular weight excluding hydrogens is 510 g/mol. The van der Waals surface area contributed by atoms with E-state index in [4.69, 9.17) is 21.1 Å². The number of fused-ring (bicyclic) bond motifs is 6. The quantitative estimate of drug-likeness (QED) is 0.509. The molecule has 38 heavy (non-hydrogen) atoms. The predicted molar refractivity (Wildman–Crippen MR) is 136 cm³/mol. The topological polar surface area (TPSA) is 116 Å². The van der Waals surface area contributed by atoms with Crippen molar-refractivity contribution in [2.24, 2.45) is 0 Å². The minimum atomic E-state index is -0.470. The zero-order valence-electron chi connectivity index (χ0n) is 20.6. The van der Waals surface area contributed by atoms with E-state index in [0.29, 0.717) is 65.6 Å². The van der Waals surface area contributed by atoms with Crippen LogP contribution >= 0.6 is 11.6 Å². The molecule has 0 spiro atoms. The van der Waals surface area contributed by atoms with Crippen molar-refractivity contribution in [1.29, 1.82) is 0 Å². The molecule has 2 atom stereocenters. The lowest BCUT2D eigenvalue weighted by Crippen LogP contribution is -2.44. The zero-order chi connectivity index (χ0) is 26.2. The van der Waals surface area contributed by atoms with Crippen molar-refractivity contribution < 1.29 is 23.9 Å². The summed E-state index contributed by atoms with van der Waals surface area (Å²) in [6.45, 7) is 1.73. The van der Waals surface area contributed by atoms with Gasteiger partial charge in [0.2, 0.25) is 0 Å². The molecule has 2 amide bonds. The number of rotatable bonds is 1. The summed E-state index contributed by atoms with van der Waals surface area (Å²) < 4.78 is 13.7. The smallest absolute Gasteiger partial charge is 0.254 e. The maximum Gasteiger partial charge on any atom is 0.254 e. The van der Waals surface area contributed by atoms with Crippen LogP contribution in [0.15, 0.2) is 42.6 Å². The summed E-state index contributed by atoms with van der Waals surface area (Å²) in [6, 6.07) is 9.71. The second-order valence-corrected chi connectivity index (χ2v) is 10.1. The summed E-state index contributed by atoms with van der Waals surface area (Å²) in [6.07, 6.45) is 2.99. The van der Waals surface area contributed by atoms with Gasteiger partial charge in [0.25, 0.3) is 11.8 Å². The van der Waals surface area contributed by atoms with E-state index < -0.39 is 12.1 Å². The highest BCUT2D eigenvalue weighted by molar-refractivity contribution is 6.32. The number of carbonyl (C=O) groups is 3. The molecule has 0 saturated carbocycles. The van der Waals surface area contributed by atoms with Gasteiger partial charge in [0, 0.05) is 49.2 Å². The van der Waals surface area contributed by atoms with Crippen LogP contribution in [0.4, 0.5) is 0 Å². The van der Waals surface area contributed by atoms with Gasteiger partial charge in [-0.05, 0) is 36.2 Å². The van der Waals surface area contributed by atoms with Crippen molar-refractivity contribution in [3.05, 3.63) is 75.6 Å². The molecular formula is C27H26ClN5O5. The molecule has 4 bridgehead atoms. The normalized spacial score (nSPS) is 21.4.